The largest absolute Gasteiger partial charge is 0.507 e. The lowest BCUT2D eigenvalue weighted by Gasteiger charge is -2.33. The van der Waals surface area contributed by atoms with Crippen LogP contribution in [0.25, 0.3) is 0 Å². The van der Waals surface area contributed by atoms with Gasteiger partial charge in [0.1, 0.15) is 11.6 Å². The third-order valence-electron chi connectivity index (χ3n) is 4.80. The SMILES string of the molecule is Cc1cccc(C(=O)N2CCCC(c3nccn3C(C)C)C2)c1O. The van der Waals surface area contributed by atoms with Crippen molar-refractivity contribution < 1.29 is 9.90 Å². The Bertz CT molecular complexity index is 736. The lowest BCUT2D eigenvalue weighted by Crippen LogP contribution is -2.39. The van der Waals surface area contributed by atoms with Gasteiger partial charge in [0.15, 0.2) is 0 Å². The molecule has 1 unspecified atom stereocenters. The smallest absolute Gasteiger partial charge is 0.257 e. The highest BCUT2D eigenvalue weighted by Gasteiger charge is 2.29. The number of para-hydroxylation sites is 1. The summed E-state index contributed by atoms with van der Waals surface area (Å²) in [4.78, 5) is 19.2. The van der Waals surface area contributed by atoms with Gasteiger partial charge in [-0.1, -0.05) is 12.1 Å². The van der Waals surface area contributed by atoms with Crippen molar-refractivity contribution in [2.75, 3.05) is 13.1 Å². The maximum absolute atomic E-state index is 12.8. The second-order valence-electron chi connectivity index (χ2n) is 6.85. The summed E-state index contributed by atoms with van der Waals surface area (Å²) in [5.74, 6) is 1.29. The number of hydrogen-bond acceptors (Lipinski definition) is 3. The van der Waals surface area contributed by atoms with Crippen LogP contribution in [0, 0.1) is 6.92 Å². The van der Waals surface area contributed by atoms with E-state index in [0.29, 0.717) is 18.2 Å². The summed E-state index contributed by atoms with van der Waals surface area (Å²) in [7, 11) is 0. The molecule has 1 aliphatic heterocycles. The Morgan fingerprint density at radius 3 is 2.92 bits per heavy atom. The first-order valence-corrected chi connectivity index (χ1v) is 8.59. The van der Waals surface area contributed by atoms with Gasteiger partial charge in [0.25, 0.3) is 5.91 Å². The van der Waals surface area contributed by atoms with Gasteiger partial charge in [0, 0.05) is 37.4 Å². The van der Waals surface area contributed by atoms with Crippen LogP contribution in [0.4, 0.5) is 0 Å². The molecule has 1 aromatic carbocycles. The van der Waals surface area contributed by atoms with Crippen LogP contribution in [0.15, 0.2) is 30.6 Å². The summed E-state index contributed by atoms with van der Waals surface area (Å²) in [5, 5.41) is 10.2. The molecule has 1 aliphatic rings. The molecule has 1 N–H and O–H groups in total. The number of aromatic hydroxyl groups is 1. The number of phenols is 1. The van der Waals surface area contributed by atoms with E-state index in [0.717, 1.165) is 30.8 Å². The zero-order valence-corrected chi connectivity index (χ0v) is 14.6. The molecule has 1 amide bonds. The fraction of sp³-hybridized carbons (Fsp3) is 0.474. The van der Waals surface area contributed by atoms with Crippen molar-refractivity contribution in [3.8, 4) is 5.75 Å². The molecule has 1 fully saturated rings. The molecule has 0 saturated carbocycles. The molecular weight excluding hydrogens is 302 g/mol. The number of hydrogen-bond donors (Lipinski definition) is 1. The van der Waals surface area contributed by atoms with Crippen molar-refractivity contribution in [3.63, 3.8) is 0 Å². The monoisotopic (exact) mass is 327 g/mol. The van der Waals surface area contributed by atoms with Gasteiger partial charge in [0.05, 0.1) is 5.56 Å². The second kappa shape index (κ2) is 6.67. The summed E-state index contributed by atoms with van der Waals surface area (Å²) >= 11 is 0. The molecule has 0 radical (unpaired) electrons. The lowest BCUT2D eigenvalue weighted by molar-refractivity contribution is 0.0700. The minimum Gasteiger partial charge on any atom is -0.507 e. The molecular formula is C19H25N3O2. The molecule has 1 aromatic heterocycles. The molecule has 5 heteroatoms. The fourth-order valence-electron chi connectivity index (χ4n) is 3.45. The Hall–Kier alpha value is -2.30. The number of imidazole rings is 1. The summed E-state index contributed by atoms with van der Waals surface area (Å²) in [6, 6.07) is 5.68. The molecule has 5 nitrogen and oxygen atoms in total. The van der Waals surface area contributed by atoms with Gasteiger partial charge < -0.3 is 14.6 Å². The number of carbonyl (C=O) groups is 1. The number of rotatable bonds is 3. The molecule has 128 valence electrons. The van der Waals surface area contributed by atoms with Crippen LogP contribution in [-0.2, 0) is 0 Å². The van der Waals surface area contributed by atoms with Gasteiger partial charge in [-0.2, -0.15) is 0 Å². The number of aryl methyl sites for hydroxylation is 1. The molecule has 2 heterocycles. The first-order valence-electron chi connectivity index (χ1n) is 8.59. The predicted molar refractivity (Wildman–Crippen MR) is 93.3 cm³/mol. The number of carbonyl (C=O) groups excluding carboxylic acids is 1. The van der Waals surface area contributed by atoms with Crippen LogP contribution in [0.3, 0.4) is 0 Å². The van der Waals surface area contributed by atoms with Crippen LogP contribution >= 0.6 is 0 Å². The number of phenolic OH excluding ortho intramolecular Hbond substituents is 1. The standard InChI is InChI=1S/C19H25N3O2/c1-13(2)22-11-9-20-18(22)15-7-5-10-21(12-15)19(24)16-8-4-6-14(3)17(16)23/h4,6,8-9,11,13,15,23H,5,7,10,12H2,1-3H3. The van der Waals surface area contributed by atoms with E-state index in [4.69, 9.17) is 0 Å². The minimum absolute atomic E-state index is 0.0910. The molecule has 2 aromatic rings. The number of aromatic nitrogens is 2. The Morgan fingerprint density at radius 1 is 1.38 bits per heavy atom. The van der Waals surface area contributed by atoms with Crippen LogP contribution in [-0.4, -0.2) is 38.6 Å². The van der Waals surface area contributed by atoms with E-state index < -0.39 is 0 Å². The Labute approximate surface area is 142 Å². The normalized spacial score (nSPS) is 18.2. The van der Waals surface area contributed by atoms with Crippen molar-refractivity contribution in [3.05, 3.63) is 47.5 Å². The van der Waals surface area contributed by atoms with Gasteiger partial charge in [-0.15, -0.1) is 0 Å². The summed E-state index contributed by atoms with van der Waals surface area (Å²) in [6.45, 7) is 7.47. The van der Waals surface area contributed by atoms with Crippen molar-refractivity contribution in [2.24, 2.45) is 0 Å². The van der Waals surface area contributed by atoms with E-state index in [1.165, 1.54) is 0 Å². The van der Waals surface area contributed by atoms with Gasteiger partial charge in [-0.25, -0.2) is 4.98 Å². The van der Waals surface area contributed by atoms with Crippen LogP contribution in [0.2, 0.25) is 0 Å². The van der Waals surface area contributed by atoms with Gasteiger partial charge >= 0.3 is 0 Å². The summed E-state index contributed by atoms with van der Waals surface area (Å²) < 4.78 is 2.18. The van der Waals surface area contributed by atoms with Crippen LogP contribution < -0.4 is 0 Å². The highest BCUT2D eigenvalue weighted by molar-refractivity contribution is 5.97. The first kappa shape index (κ1) is 16.6. The van der Waals surface area contributed by atoms with Crippen LogP contribution in [0.5, 0.6) is 5.75 Å². The molecule has 1 atom stereocenters. The quantitative estimate of drug-likeness (QED) is 0.938. The number of amides is 1. The lowest BCUT2D eigenvalue weighted by atomic mass is 9.96. The van der Waals surface area contributed by atoms with Crippen molar-refractivity contribution in [1.82, 2.24) is 14.5 Å². The maximum Gasteiger partial charge on any atom is 0.257 e. The maximum atomic E-state index is 12.8. The highest BCUT2D eigenvalue weighted by atomic mass is 16.3. The Kier molecular flexibility index (Phi) is 4.60. The van der Waals surface area contributed by atoms with Gasteiger partial charge in [0.2, 0.25) is 0 Å². The molecule has 0 spiro atoms. The summed E-state index contributed by atoms with van der Waals surface area (Å²) in [6.07, 6.45) is 5.83. The van der Waals surface area contributed by atoms with E-state index in [2.05, 4.69) is 23.4 Å². The zero-order valence-electron chi connectivity index (χ0n) is 14.6. The first-order chi connectivity index (χ1) is 11.5. The molecule has 0 bridgehead atoms. The summed E-state index contributed by atoms with van der Waals surface area (Å²) in [5.41, 5.74) is 1.12. The number of likely N-dealkylation sites (tertiary alicyclic amines) is 1. The third kappa shape index (κ3) is 3.03. The number of piperidine rings is 1. The van der Waals surface area contributed by atoms with Crippen molar-refractivity contribution >= 4 is 5.91 Å². The third-order valence-corrected chi connectivity index (χ3v) is 4.80. The number of benzene rings is 1. The fourth-order valence-corrected chi connectivity index (χ4v) is 3.45. The van der Waals surface area contributed by atoms with E-state index >= 15 is 0 Å². The second-order valence-corrected chi connectivity index (χ2v) is 6.85. The van der Waals surface area contributed by atoms with Gasteiger partial charge in [-0.05, 0) is 45.2 Å². The minimum atomic E-state index is -0.0939. The van der Waals surface area contributed by atoms with E-state index in [1.54, 1.807) is 6.07 Å². The predicted octanol–water partition coefficient (Wildman–Crippen LogP) is 3.50. The molecule has 0 aliphatic carbocycles. The van der Waals surface area contributed by atoms with Crippen molar-refractivity contribution in [2.45, 2.75) is 45.6 Å². The van der Waals surface area contributed by atoms with Crippen LogP contribution in [0.1, 0.15) is 60.4 Å². The number of nitrogens with zero attached hydrogens (tertiary/aromatic N) is 3. The Balaban J connectivity index is 1.82. The molecule has 24 heavy (non-hydrogen) atoms. The zero-order chi connectivity index (χ0) is 17.3. The topological polar surface area (TPSA) is 58.4 Å². The van der Waals surface area contributed by atoms with Gasteiger partial charge in [-0.3, -0.25) is 4.79 Å². The molecule has 1 saturated heterocycles. The van der Waals surface area contributed by atoms with E-state index in [1.807, 2.05) is 36.4 Å². The molecule has 3 rings (SSSR count). The average molecular weight is 327 g/mol. The van der Waals surface area contributed by atoms with E-state index in [-0.39, 0.29) is 17.6 Å². The van der Waals surface area contributed by atoms with E-state index in [9.17, 15) is 9.90 Å². The average Bonchev–Trinajstić information content (AvgIpc) is 3.07. The Morgan fingerprint density at radius 2 is 2.17 bits per heavy atom. The van der Waals surface area contributed by atoms with Crippen molar-refractivity contribution in [1.29, 1.82) is 0 Å². The highest BCUT2D eigenvalue weighted by Crippen LogP contribution is 2.30.